The summed E-state index contributed by atoms with van der Waals surface area (Å²) < 4.78 is 28.5. The van der Waals surface area contributed by atoms with Crippen molar-refractivity contribution >= 4 is 34.1 Å². The Hall–Kier alpha value is -6.66. The molecule has 7 aromatic rings. The molecule has 9 heteroatoms. The molecule has 1 amide bonds. The van der Waals surface area contributed by atoms with Gasteiger partial charge in [0.1, 0.15) is 17.2 Å². The minimum atomic E-state index is -0.938. The lowest BCUT2D eigenvalue weighted by Crippen LogP contribution is -2.15. The van der Waals surface area contributed by atoms with Crippen LogP contribution < -0.4 is 10.6 Å². The van der Waals surface area contributed by atoms with E-state index in [-0.39, 0.29) is 0 Å². The molecule has 0 atom stereocenters. The number of benzene rings is 5. The maximum atomic E-state index is 14.3. The molecule has 47 heavy (non-hydrogen) atoms. The number of aromatic nitrogens is 3. The first-order valence-electron chi connectivity index (χ1n) is 14.6. The number of aromatic amines is 1. The highest BCUT2D eigenvalue weighted by Crippen LogP contribution is 2.38. The first kappa shape index (κ1) is 29.1. The second-order valence-corrected chi connectivity index (χ2v) is 10.7. The summed E-state index contributed by atoms with van der Waals surface area (Å²) in [6, 6.07) is 37.4. The van der Waals surface area contributed by atoms with Crippen LogP contribution in [0.5, 0.6) is 0 Å². The third-order valence-corrected chi connectivity index (χ3v) is 7.71. The summed E-state index contributed by atoms with van der Waals surface area (Å²) >= 11 is 0. The van der Waals surface area contributed by atoms with E-state index in [4.69, 9.17) is 10.2 Å². The maximum absolute atomic E-state index is 14.3. The number of para-hydroxylation sites is 1. The zero-order chi connectivity index (χ0) is 32.3. The van der Waals surface area contributed by atoms with Gasteiger partial charge in [-0.05, 0) is 71.8 Å². The van der Waals surface area contributed by atoms with Gasteiger partial charge in [-0.2, -0.15) is 5.26 Å². The van der Waals surface area contributed by atoms with Gasteiger partial charge in [-0.25, -0.2) is 18.7 Å². The van der Waals surface area contributed by atoms with E-state index in [0.29, 0.717) is 22.9 Å². The normalized spacial score (nSPS) is 10.8. The van der Waals surface area contributed by atoms with Crippen LogP contribution in [-0.2, 0) is 0 Å². The van der Waals surface area contributed by atoms with E-state index in [0.717, 1.165) is 56.7 Å². The van der Waals surface area contributed by atoms with Gasteiger partial charge in [0.2, 0.25) is 5.95 Å². The SMILES string of the molecule is N#Cc1ccc(-c2ccc(Nc3nccc(-c4c(-c5cccc(NC(=O)c6c(F)cccc6F)c5)[nH]c5ccccc45)n3)cc2)cc1. The average molecular weight is 619 g/mol. The molecule has 226 valence electrons. The van der Waals surface area contributed by atoms with Gasteiger partial charge in [0.25, 0.3) is 5.91 Å². The van der Waals surface area contributed by atoms with E-state index in [2.05, 4.69) is 26.7 Å². The van der Waals surface area contributed by atoms with E-state index < -0.39 is 23.1 Å². The molecule has 2 heterocycles. The van der Waals surface area contributed by atoms with Crippen LogP contribution in [0.3, 0.4) is 0 Å². The smallest absolute Gasteiger partial charge is 0.261 e. The molecule has 3 N–H and O–H groups in total. The Morgan fingerprint density at radius 1 is 0.745 bits per heavy atom. The van der Waals surface area contributed by atoms with Crippen LogP contribution in [0.4, 0.5) is 26.1 Å². The first-order chi connectivity index (χ1) is 23.0. The highest BCUT2D eigenvalue weighted by Gasteiger charge is 2.20. The van der Waals surface area contributed by atoms with Gasteiger partial charge in [0.15, 0.2) is 0 Å². The minimum absolute atomic E-state index is 0.370. The fraction of sp³-hybridized carbons (Fsp3) is 0. The third kappa shape index (κ3) is 5.91. The Labute approximate surface area is 268 Å². The molecule has 0 aliphatic heterocycles. The molecule has 0 saturated carbocycles. The fourth-order valence-electron chi connectivity index (χ4n) is 5.46. The molecule has 0 saturated heterocycles. The number of H-pyrrole nitrogens is 1. The molecule has 2 aromatic heterocycles. The van der Waals surface area contributed by atoms with Crippen LogP contribution in [-0.4, -0.2) is 20.9 Å². The summed E-state index contributed by atoms with van der Waals surface area (Å²) in [5.74, 6) is -2.36. The Balaban J connectivity index is 1.19. The molecule has 7 rings (SSSR count). The van der Waals surface area contributed by atoms with Crippen molar-refractivity contribution in [2.75, 3.05) is 10.6 Å². The molecule has 0 radical (unpaired) electrons. The predicted octanol–water partition coefficient (Wildman–Crippen LogP) is 9.10. The topological polar surface area (TPSA) is 106 Å². The van der Waals surface area contributed by atoms with E-state index >= 15 is 0 Å². The molecule has 0 fully saturated rings. The Morgan fingerprint density at radius 2 is 1.45 bits per heavy atom. The number of nitriles is 1. The van der Waals surface area contributed by atoms with Crippen LogP contribution in [0, 0.1) is 23.0 Å². The summed E-state index contributed by atoms with van der Waals surface area (Å²) in [5.41, 5.74) is 6.99. The molecule has 5 aromatic carbocycles. The fourth-order valence-corrected chi connectivity index (χ4v) is 5.46. The van der Waals surface area contributed by atoms with Crippen LogP contribution in [0.25, 0.3) is 44.5 Å². The van der Waals surface area contributed by atoms with E-state index in [1.807, 2.05) is 72.8 Å². The monoisotopic (exact) mass is 618 g/mol. The van der Waals surface area contributed by atoms with Crippen molar-refractivity contribution < 1.29 is 13.6 Å². The Kier molecular flexibility index (Phi) is 7.66. The zero-order valence-corrected chi connectivity index (χ0v) is 24.6. The summed E-state index contributed by atoms with van der Waals surface area (Å²) in [4.78, 5) is 25.6. The molecular weight excluding hydrogens is 594 g/mol. The zero-order valence-electron chi connectivity index (χ0n) is 24.6. The molecule has 0 bridgehead atoms. The summed E-state index contributed by atoms with van der Waals surface area (Å²) in [7, 11) is 0. The molecule has 0 unspecified atom stereocenters. The van der Waals surface area contributed by atoms with Gasteiger partial charge in [0, 0.05) is 39.6 Å². The van der Waals surface area contributed by atoms with Gasteiger partial charge in [-0.3, -0.25) is 4.79 Å². The van der Waals surface area contributed by atoms with Gasteiger partial charge in [0.05, 0.1) is 23.0 Å². The van der Waals surface area contributed by atoms with Crippen molar-refractivity contribution in [3.8, 4) is 39.7 Å². The van der Waals surface area contributed by atoms with Crippen molar-refractivity contribution in [3.63, 3.8) is 0 Å². The largest absolute Gasteiger partial charge is 0.354 e. The van der Waals surface area contributed by atoms with Crippen molar-refractivity contribution in [1.29, 1.82) is 5.26 Å². The second kappa shape index (κ2) is 12.4. The summed E-state index contributed by atoms with van der Waals surface area (Å²) in [6.45, 7) is 0. The molecule has 0 aliphatic carbocycles. The van der Waals surface area contributed by atoms with Crippen LogP contribution in [0.15, 0.2) is 128 Å². The number of hydrogen-bond donors (Lipinski definition) is 3. The summed E-state index contributed by atoms with van der Waals surface area (Å²) in [6.07, 6.45) is 1.68. The van der Waals surface area contributed by atoms with Crippen LogP contribution in [0.2, 0.25) is 0 Å². The second-order valence-electron chi connectivity index (χ2n) is 10.7. The van der Waals surface area contributed by atoms with Crippen LogP contribution >= 0.6 is 0 Å². The van der Waals surface area contributed by atoms with Crippen molar-refractivity contribution in [3.05, 3.63) is 150 Å². The van der Waals surface area contributed by atoms with E-state index in [1.165, 1.54) is 6.07 Å². The standard InChI is InChI=1S/C38H24F2N6O/c39-30-8-4-9-31(40)35(30)37(47)43-28-6-3-5-26(21-28)36-34(29-7-1-2-10-32(29)45-36)33-19-20-42-38(46-33)44-27-17-15-25(16-18-27)24-13-11-23(22-41)12-14-24/h1-21,45H,(H,43,47)(H,42,44,46). The van der Waals surface area contributed by atoms with Gasteiger partial charge in [-0.15, -0.1) is 0 Å². The molecule has 0 spiro atoms. The van der Waals surface area contributed by atoms with Gasteiger partial charge >= 0.3 is 0 Å². The predicted molar refractivity (Wildman–Crippen MR) is 179 cm³/mol. The highest BCUT2D eigenvalue weighted by molar-refractivity contribution is 6.06. The van der Waals surface area contributed by atoms with Crippen molar-refractivity contribution in [1.82, 2.24) is 15.0 Å². The average Bonchev–Trinajstić information content (AvgIpc) is 3.49. The molecule has 0 aliphatic rings. The lowest BCUT2D eigenvalue weighted by molar-refractivity contribution is 0.101. The number of halogens is 2. The van der Waals surface area contributed by atoms with Crippen molar-refractivity contribution in [2.24, 2.45) is 0 Å². The summed E-state index contributed by atoms with van der Waals surface area (Å²) in [5, 5.41) is 15.9. The highest BCUT2D eigenvalue weighted by atomic mass is 19.1. The van der Waals surface area contributed by atoms with Gasteiger partial charge < -0.3 is 15.6 Å². The number of rotatable bonds is 7. The number of carbonyl (C=O) groups is 1. The quantitative estimate of drug-likeness (QED) is 0.165. The number of carbonyl (C=O) groups excluding carboxylic acids is 1. The molecule has 7 nitrogen and oxygen atoms in total. The first-order valence-corrected chi connectivity index (χ1v) is 14.6. The van der Waals surface area contributed by atoms with Crippen LogP contribution in [0.1, 0.15) is 15.9 Å². The van der Waals surface area contributed by atoms with Crippen molar-refractivity contribution in [2.45, 2.75) is 0 Å². The minimum Gasteiger partial charge on any atom is -0.354 e. The number of nitrogens with one attached hydrogen (secondary N) is 3. The lowest BCUT2D eigenvalue weighted by Gasteiger charge is -2.11. The third-order valence-electron chi connectivity index (χ3n) is 7.71. The number of hydrogen-bond acceptors (Lipinski definition) is 5. The number of anilines is 3. The van der Waals surface area contributed by atoms with Gasteiger partial charge in [-0.1, -0.05) is 60.7 Å². The molecular formula is C38H24F2N6O. The number of nitrogens with zero attached hydrogens (tertiary/aromatic N) is 3. The number of fused-ring (bicyclic) bond motifs is 1. The Morgan fingerprint density at radius 3 is 2.19 bits per heavy atom. The Bertz CT molecular complexity index is 2290. The van der Waals surface area contributed by atoms with E-state index in [9.17, 15) is 13.6 Å². The maximum Gasteiger partial charge on any atom is 0.261 e. The number of amides is 1. The lowest BCUT2D eigenvalue weighted by atomic mass is 10.0. The van der Waals surface area contributed by atoms with E-state index in [1.54, 1.807) is 36.5 Å².